The average molecular weight is 794 g/mol. The molecule has 9 aromatic carbocycles. The first-order valence-electron chi connectivity index (χ1n) is 21.5. The van der Waals surface area contributed by atoms with E-state index in [0.717, 1.165) is 57.5 Å². The number of furan rings is 1. The van der Waals surface area contributed by atoms with Crippen LogP contribution in [0.4, 0.5) is 17.1 Å². The van der Waals surface area contributed by atoms with Crippen LogP contribution in [0.1, 0.15) is 18.4 Å². The van der Waals surface area contributed by atoms with Crippen LogP contribution < -0.4 is 4.90 Å². The van der Waals surface area contributed by atoms with Crippen molar-refractivity contribution >= 4 is 105 Å². The van der Waals surface area contributed by atoms with Crippen LogP contribution in [0.5, 0.6) is 0 Å². The molecular weight excluding hydrogens is 755 g/mol. The highest BCUT2D eigenvalue weighted by Gasteiger charge is 2.21. The molecule has 12 aromatic rings. The summed E-state index contributed by atoms with van der Waals surface area (Å²) in [6, 6.07) is 72.6. The summed E-state index contributed by atoms with van der Waals surface area (Å²) in [5.74, 6) is 0. The van der Waals surface area contributed by atoms with Crippen LogP contribution in [0.25, 0.3) is 93.3 Å². The van der Waals surface area contributed by atoms with E-state index in [-0.39, 0.29) is 0 Å². The van der Waals surface area contributed by atoms with E-state index in [2.05, 4.69) is 214 Å². The molecule has 4 nitrogen and oxygen atoms in total. The van der Waals surface area contributed by atoms with E-state index in [1.807, 2.05) is 12.1 Å². The van der Waals surface area contributed by atoms with Gasteiger partial charge in [0.05, 0.1) is 22.1 Å². The van der Waals surface area contributed by atoms with Crippen molar-refractivity contribution in [3.8, 4) is 5.69 Å². The quantitative estimate of drug-likeness (QED) is 0.168. The van der Waals surface area contributed by atoms with Crippen LogP contribution in [-0.2, 0) is 0 Å². The van der Waals surface area contributed by atoms with Gasteiger partial charge in [-0.25, -0.2) is 0 Å². The Hall–Kier alpha value is -8.08. The summed E-state index contributed by atoms with van der Waals surface area (Å²) in [4.78, 5) is 2.39. The topological polar surface area (TPSA) is 26.2 Å². The van der Waals surface area contributed by atoms with Gasteiger partial charge in [-0.15, -0.1) is 0 Å². The zero-order valence-corrected chi connectivity index (χ0v) is 33.9. The normalized spacial score (nSPS) is 13.2. The molecule has 3 aromatic heterocycles. The first kappa shape index (κ1) is 34.8. The molecule has 1 aliphatic carbocycles. The number of aromatic nitrogens is 2. The van der Waals surface area contributed by atoms with Crippen molar-refractivity contribution in [2.75, 3.05) is 4.90 Å². The van der Waals surface area contributed by atoms with E-state index in [9.17, 15) is 0 Å². The van der Waals surface area contributed by atoms with E-state index in [1.165, 1.54) is 71.2 Å². The largest absolute Gasteiger partial charge is 0.456 e. The lowest BCUT2D eigenvalue weighted by molar-refractivity contribution is 0.669. The van der Waals surface area contributed by atoms with Crippen molar-refractivity contribution < 1.29 is 4.42 Å². The minimum Gasteiger partial charge on any atom is -0.456 e. The van der Waals surface area contributed by atoms with Crippen LogP contribution in [-0.4, -0.2) is 9.13 Å². The zero-order valence-electron chi connectivity index (χ0n) is 33.9. The standard InChI is InChI=1S/C58H39N3O/c1-2-14-42(15-3-1)60-53-19-9-7-17-48(53)51-36-45(30-32-55(51)60)59(46-31-33-58-52(37-46)49-18-8-11-21-57(49)62-58)43-26-22-38(23-27-43)39-24-28-44(29-25-39)61-54-20-10-6-16-47(54)50-34-40-12-4-5-13-41(40)35-56(50)61/h1-24,26-28,30-37H,25,29H2. The molecule has 13 rings (SSSR count). The van der Waals surface area contributed by atoms with Crippen LogP contribution in [0, 0.1) is 0 Å². The molecule has 1 aliphatic rings. The number of hydrogen-bond acceptors (Lipinski definition) is 2. The van der Waals surface area contributed by atoms with Gasteiger partial charge >= 0.3 is 0 Å². The van der Waals surface area contributed by atoms with Crippen LogP contribution >= 0.6 is 0 Å². The molecule has 62 heavy (non-hydrogen) atoms. The Labute approximate surface area is 358 Å². The molecule has 3 heterocycles. The lowest BCUT2D eigenvalue weighted by Crippen LogP contribution is -2.10. The molecule has 0 bridgehead atoms. The third-order valence-electron chi connectivity index (χ3n) is 13.0. The Bertz CT molecular complexity index is 3800. The average Bonchev–Trinajstić information content (AvgIpc) is 3.99. The Morgan fingerprint density at radius 3 is 1.71 bits per heavy atom. The maximum atomic E-state index is 6.29. The highest BCUT2D eigenvalue weighted by molar-refractivity contribution is 6.15. The van der Waals surface area contributed by atoms with Crippen molar-refractivity contribution in [1.82, 2.24) is 9.13 Å². The fourth-order valence-corrected chi connectivity index (χ4v) is 10.1. The highest BCUT2D eigenvalue weighted by atomic mass is 16.3. The number of fused-ring (bicyclic) bond motifs is 10. The summed E-state index contributed by atoms with van der Waals surface area (Å²) in [6.07, 6.45) is 6.59. The molecule has 0 unspecified atom stereocenters. The van der Waals surface area contributed by atoms with Gasteiger partial charge in [0, 0.05) is 60.8 Å². The fraction of sp³-hybridized carbons (Fsp3) is 0.0345. The Morgan fingerprint density at radius 2 is 0.952 bits per heavy atom. The molecule has 0 saturated carbocycles. The minimum absolute atomic E-state index is 0.887. The molecule has 292 valence electrons. The predicted octanol–water partition coefficient (Wildman–Crippen LogP) is 16.1. The molecule has 0 fully saturated rings. The second-order valence-electron chi connectivity index (χ2n) is 16.5. The predicted molar refractivity (Wildman–Crippen MR) is 261 cm³/mol. The molecule has 0 spiro atoms. The monoisotopic (exact) mass is 793 g/mol. The van der Waals surface area contributed by atoms with Gasteiger partial charge in [-0.1, -0.05) is 115 Å². The van der Waals surface area contributed by atoms with Crippen molar-refractivity contribution in [2.24, 2.45) is 0 Å². The number of hydrogen-bond donors (Lipinski definition) is 0. The maximum Gasteiger partial charge on any atom is 0.135 e. The number of anilines is 3. The van der Waals surface area contributed by atoms with E-state index >= 15 is 0 Å². The molecule has 0 atom stereocenters. The molecule has 4 heteroatoms. The molecule has 0 aliphatic heterocycles. The number of rotatable bonds is 6. The summed E-state index contributed by atoms with van der Waals surface area (Å²) >= 11 is 0. The SMILES string of the molecule is C1=C(c2ccc(N(c3ccc4oc5ccccc5c4c3)c3ccc4c(c3)c3ccccc3n4-c3ccccc3)cc2)CCC(n2c3ccccc3c3cc4ccccc4cc32)=C1. The molecular formula is C58H39N3O. The van der Waals surface area contributed by atoms with Crippen molar-refractivity contribution in [1.29, 1.82) is 0 Å². The van der Waals surface area contributed by atoms with Crippen LogP contribution in [0.2, 0.25) is 0 Å². The van der Waals surface area contributed by atoms with E-state index < -0.39 is 0 Å². The summed E-state index contributed by atoms with van der Waals surface area (Å²) < 4.78 is 11.1. The lowest BCUT2D eigenvalue weighted by atomic mass is 9.95. The van der Waals surface area contributed by atoms with Gasteiger partial charge in [0.25, 0.3) is 0 Å². The third kappa shape index (κ3) is 5.40. The van der Waals surface area contributed by atoms with Crippen molar-refractivity contribution in [3.63, 3.8) is 0 Å². The van der Waals surface area contributed by atoms with Gasteiger partial charge in [-0.3, -0.25) is 0 Å². The summed E-state index contributed by atoms with van der Waals surface area (Å²) in [6.45, 7) is 0. The first-order chi connectivity index (χ1) is 30.7. The molecule has 0 saturated heterocycles. The van der Waals surface area contributed by atoms with Crippen LogP contribution in [0.15, 0.2) is 217 Å². The molecule has 0 radical (unpaired) electrons. The number of nitrogens with zero attached hydrogens (tertiary/aromatic N) is 3. The van der Waals surface area contributed by atoms with E-state index in [4.69, 9.17) is 4.42 Å². The van der Waals surface area contributed by atoms with Crippen molar-refractivity contribution in [3.05, 3.63) is 218 Å². The summed E-state index contributed by atoms with van der Waals surface area (Å²) in [5, 5.41) is 9.80. The summed E-state index contributed by atoms with van der Waals surface area (Å²) in [5.41, 5.74) is 15.0. The Balaban J connectivity index is 0.921. The smallest absolute Gasteiger partial charge is 0.135 e. The van der Waals surface area contributed by atoms with Gasteiger partial charge in [0.2, 0.25) is 0 Å². The van der Waals surface area contributed by atoms with Crippen LogP contribution in [0.3, 0.4) is 0 Å². The number of benzene rings is 9. The Kier molecular flexibility index (Phi) is 7.70. The fourth-order valence-electron chi connectivity index (χ4n) is 10.1. The summed E-state index contributed by atoms with van der Waals surface area (Å²) in [7, 11) is 0. The second-order valence-corrected chi connectivity index (χ2v) is 16.5. The van der Waals surface area contributed by atoms with E-state index in [1.54, 1.807) is 0 Å². The van der Waals surface area contributed by atoms with E-state index in [0.29, 0.717) is 0 Å². The van der Waals surface area contributed by atoms with Crippen molar-refractivity contribution in [2.45, 2.75) is 12.8 Å². The maximum absolute atomic E-state index is 6.29. The molecule has 0 N–H and O–H groups in total. The minimum atomic E-state index is 0.887. The van der Waals surface area contributed by atoms with Gasteiger partial charge in [0.15, 0.2) is 0 Å². The lowest BCUT2D eigenvalue weighted by Gasteiger charge is -2.26. The van der Waals surface area contributed by atoms with Gasteiger partial charge in [-0.2, -0.15) is 0 Å². The number of para-hydroxylation sites is 4. The second kappa shape index (κ2) is 13.7. The third-order valence-corrected chi connectivity index (χ3v) is 13.0. The zero-order chi connectivity index (χ0) is 40.7. The Morgan fingerprint density at radius 1 is 0.371 bits per heavy atom. The number of allylic oxidation sites excluding steroid dienone is 4. The highest BCUT2D eigenvalue weighted by Crippen LogP contribution is 2.43. The first-order valence-corrected chi connectivity index (χ1v) is 21.5. The van der Waals surface area contributed by atoms with Gasteiger partial charge < -0.3 is 18.5 Å². The van der Waals surface area contributed by atoms with Gasteiger partial charge in [0.1, 0.15) is 11.2 Å². The van der Waals surface area contributed by atoms with Gasteiger partial charge in [-0.05, 0) is 132 Å². The molecule has 0 amide bonds.